The van der Waals surface area contributed by atoms with E-state index in [9.17, 15) is 13.5 Å². The second-order valence-corrected chi connectivity index (χ2v) is 6.62. The summed E-state index contributed by atoms with van der Waals surface area (Å²) in [5, 5.41) is 9.17. The Morgan fingerprint density at radius 3 is 2.63 bits per heavy atom. The van der Waals surface area contributed by atoms with Crippen molar-refractivity contribution in [2.45, 2.75) is 17.7 Å². The number of hydrogen-bond donors (Lipinski definition) is 3. The molecule has 0 saturated heterocycles. The monoisotopic (exact) mass is 286 g/mol. The Morgan fingerprint density at radius 2 is 2.16 bits per heavy atom. The van der Waals surface area contributed by atoms with E-state index in [0.29, 0.717) is 5.75 Å². The maximum atomic E-state index is 12.1. The topological polar surface area (TPSA) is 102 Å². The smallest absolute Gasteiger partial charge is 0.242 e. The van der Waals surface area contributed by atoms with Crippen LogP contribution in [0.15, 0.2) is 23.1 Å². The molecular weight excluding hydrogens is 268 g/mol. The Morgan fingerprint density at radius 1 is 1.47 bits per heavy atom. The SMILES string of the molecule is COc1ccc(S(=O)(=O)NCC2(CO)CC2)c(N)c1. The first-order valence-electron chi connectivity index (χ1n) is 5.96. The first kappa shape index (κ1) is 14.1. The van der Waals surface area contributed by atoms with Crippen LogP contribution >= 0.6 is 0 Å². The Hall–Kier alpha value is -1.31. The molecule has 4 N–H and O–H groups in total. The molecule has 19 heavy (non-hydrogen) atoms. The van der Waals surface area contributed by atoms with Crippen molar-refractivity contribution in [3.8, 4) is 5.75 Å². The summed E-state index contributed by atoms with van der Waals surface area (Å²) >= 11 is 0. The van der Waals surface area contributed by atoms with E-state index in [1.807, 2.05) is 0 Å². The number of nitrogens with one attached hydrogen (secondary N) is 1. The van der Waals surface area contributed by atoms with Crippen LogP contribution in [0.25, 0.3) is 0 Å². The lowest BCUT2D eigenvalue weighted by Gasteiger charge is -2.14. The van der Waals surface area contributed by atoms with Gasteiger partial charge in [0.2, 0.25) is 10.0 Å². The minimum atomic E-state index is -3.66. The van der Waals surface area contributed by atoms with Crippen molar-refractivity contribution in [2.75, 3.05) is 26.0 Å². The number of anilines is 1. The molecule has 106 valence electrons. The van der Waals surface area contributed by atoms with Crippen LogP contribution in [0.2, 0.25) is 0 Å². The molecule has 1 aromatic rings. The number of nitrogen functional groups attached to an aromatic ring is 1. The number of ether oxygens (including phenoxy) is 1. The van der Waals surface area contributed by atoms with Crippen molar-refractivity contribution in [3.63, 3.8) is 0 Å². The molecule has 0 amide bonds. The fourth-order valence-electron chi connectivity index (χ4n) is 1.79. The van der Waals surface area contributed by atoms with Gasteiger partial charge in [0.15, 0.2) is 0 Å². The summed E-state index contributed by atoms with van der Waals surface area (Å²) in [5.74, 6) is 0.505. The van der Waals surface area contributed by atoms with E-state index in [2.05, 4.69) is 4.72 Å². The van der Waals surface area contributed by atoms with Crippen molar-refractivity contribution < 1.29 is 18.3 Å². The molecule has 1 fully saturated rings. The predicted molar refractivity (Wildman–Crippen MR) is 71.3 cm³/mol. The quantitative estimate of drug-likeness (QED) is 0.654. The normalized spacial score (nSPS) is 17.2. The third-order valence-corrected chi connectivity index (χ3v) is 4.91. The minimum absolute atomic E-state index is 0.00633. The molecule has 2 rings (SSSR count). The first-order chi connectivity index (χ1) is 8.92. The molecule has 6 nitrogen and oxygen atoms in total. The zero-order valence-corrected chi connectivity index (χ0v) is 11.5. The predicted octanol–water partition coefficient (Wildman–Crippen LogP) is 0.328. The van der Waals surface area contributed by atoms with Gasteiger partial charge in [-0.3, -0.25) is 0 Å². The van der Waals surface area contributed by atoms with Gasteiger partial charge in [0.05, 0.1) is 12.8 Å². The van der Waals surface area contributed by atoms with Crippen LogP contribution in [0.3, 0.4) is 0 Å². The summed E-state index contributed by atoms with van der Waals surface area (Å²) in [6.07, 6.45) is 1.67. The van der Waals surface area contributed by atoms with Crippen LogP contribution in [0.1, 0.15) is 12.8 Å². The highest BCUT2D eigenvalue weighted by molar-refractivity contribution is 7.89. The van der Waals surface area contributed by atoms with Crippen LogP contribution in [-0.2, 0) is 10.0 Å². The van der Waals surface area contributed by atoms with Crippen molar-refractivity contribution >= 4 is 15.7 Å². The minimum Gasteiger partial charge on any atom is -0.497 e. The highest BCUT2D eigenvalue weighted by atomic mass is 32.2. The van der Waals surface area contributed by atoms with Crippen molar-refractivity contribution in [2.24, 2.45) is 5.41 Å². The van der Waals surface area contributed by atoms with E-state index in [1.54, 1.807) is 6.07 Å². The van der Waals surface area contributed by atoms with E-state index in [0.717, 1.165) is 12.8 Å². The number of benzene rings is 1. The van der Waals surface area contributed by atoms with Crippen molar-refractivity contribution in [1.29, 1.82) is 0 Å². The van der Waals surface area contributed by atoms with Gasteiger partial charge in [-0.1, -0.05) is 0 Å². The molecule has 1 aliphatic rings. The number of aliphatic hydroxyl groups is 1. The number of hydrogen-bond acceptors (Lipinski definition) is 5. The second-order valence-electron chi connectivity index (χ2n) is 4.89. The molecule has 0 spiro atoms. The number of aliphatic hydroxyl groups excluding tert-OH is 1. The van der Waals surface area contributed by atoms with Crippen molar-refractivity contribution in [3.05, 3.63) is 18.2 Å². The molecule has 1 aromatic carbocycles. The van der Waals surface area contributed by atoms with Gasteiger partial charge in [0, 0.05) is 24.6 Å². The van der Waals surface area contributed by atoms with Gasteiger partial charge in [0.1, 0.15) is 10.6 Å². The van der Waals surface area contributed by atoms with Crippen LogP contribution < -0.4 is 15.2 Å². The first-order valence-corrected chi connectivity index (χ1v) is 7.45. The summed E-state index contributed by atoms with van der Waals surface area (Å²) in [7, 11) is -2.18. The zero-order chi connectivity index (χ0) is 14.1. The molecule has 0 heterocycles. The van der Waals surface area contributed by atoms with Gasteiger partial charge in [-0.05, 0) is 25.0 Å². The lowest BCUT2D eigenvalue weighted by molar-refractivity contribution is 0.213. The third-order valence-electron chi connectivity index (χ3n) is 3.44. The lowest BCUT2D eigenvalue weighted by atomic mass is 10.1. The van der Waals surface area contributed by atoms with Crippen LogP contribution in [0.5, 0.6) is 5.75 Å². The summed E-state index contributed by atoms with van der Waals surface area (Å²) in [4.78, 5) is 0.0297. The van der Waals surface area contributed by atoms with E-state index in [1.165, 1.54) is 19.2 Å². The van der Waals surface area contributed by atoms with Crippen LogP contribution in [-0.4, -0.2) is 33.8 Å². The largest absolute Gasteiger partial charge is 0.497 e. The Kier molecular flexibility index (Phi) is 3.71. The fraction of sp³-hybridized carbons (Fsp3) is 0.500. The highest BCUT2D eigenvalue weighted by Crippen LogP contribution is 2.44. The lowest BCUT2D eigenvalue weighted by Crippen LogP contribution is -2.32. The standard InChI is InChI=1S/C12H18N2O4S/c1-18-9-2-3-11(10(13)6-9)19(16,17)14-7-12(8-15)4-5-12/h2-3,6,14-15H,4-5,7-8,13H2,1H3. The Labute approximate surface area is 112 Å². The van der Waals surface area contributed by atoms with E-state index in [-0.39, 0.29) is 29.1 Å². The maximum Gasteiger partial charge on any atom is 0.242 e. The van der Waals surface area contributed by atoms with Gasteiger partial charge in [-0.2, -0.15) is 0 Å². The van der Waals surface area contributed by atoms with Gasteiger partial charge in [0.25, 0.3) is 0 Å². The average Bonchev–Trinajstić information content (AvgIpc) is 3.17. The highest BCUT2D eigenvalue weighted by Gasteiger charge is 2.42. The molecule has 1 aliphatic carbocycles. The molecular formula is C12H18N2O4S. The van der Waals surface area contributed by atoms with Crippen LogP contribution in [0.4, 0.5) is 5.69 Å². The van der Waals surface area contributed by atoms with Crippen molar-refractivity contribution in [1.82, 2.24) is 4.72 Å². The second kappa shape index (κ2) is 4.99. The fourth-order valence-corrected chi connectivity index (χ4v) is 3.06. The molecule has 0 aromatic heterocycles. The molecule has 0 unspecified atom stereocenters. The van der Waals surface area contributed by atoms with Gasteiger partial charge >= 0.3 is 0 Å². The van der Waals surface area contributed by atoms with Crippen LogP contribution in [0, 0.1) is 5.41 Å². The third kappa shape index (κ3) is 2.99. The van der Waals surface area contributed by atoms with E-state index < -0.39 is 10.0 Å². The summed E-state index contributed by atoms with van der Waals surface area (Å²) in [6, 6.07) is 4.42. The molecule has 0 atom stereocenters. The van der Waals surface area contributed by atoms with Gasteiger partial charge in [-0.15, -0.1) is 0 Å². The molecule has 1 saturated carbocycles. The molecule has 0 bridgehead atoms. The summed E-state index contributed by atoms with van der Waals surface area (Å²) in [6.45, 7) is 0.227. The molecule has 0 aliphatic heterocycles. The maximum absolute atomic E-state index is 12.1. The Balaban J connectivity index is 2.15. The van der Waals surface area contributed by atoms with E-state index in [4.69, 9.17) is 10.5 Å². The molecule has 0 radical (unpaired) electrons. The number of rotatable bonds is 6. The number of nitrogens with two attached hydrogens (primary N) is 1. The summed E-state index contributed by atoms with van der Waals surface area (Å²) < 4.78 is 31.7. The zero-order valence-electron chi connectivity index (χ0n) is 10.7. The summed E-state index contributed by atoms with van der Waals surface area (Å²) in [5.41, 5.74) is 5.58. The number of sulfonamides is 1. The molecule has 7 heteroatoms. The van der Waals surface area contributed by atoms with Gasteiger partial charge in [-0.25, -0.2) is 13.1 Å². The van der Waals surface area contributed by atoms with Gasteiger partial charge < -0.3 is 15.6 Å². The van der Waals surface area contributed by atoms with E-state index >= 15 is 0 Å². The number of methoxy groups -OCH3 is 1. The Bertz CT molecular complexity index is 567. The average molecular weight is 286 g/mol.